The topological polar surface area (TPSA) is 82.3 Å². The minimum Gasteiger partial charge on any atom is -0.302 e. The first-order valence-corrected chi connectivity index (χ1v) is 3.74. The molecule has 0 bridgehead atoms. The van der Waals surface area contributed by atoms with Crippen LogP contribution in [0, 0.1) is 5.92 Å². The van der Waals surface area contributed by atoms with Crippen molar-refractivity contribution in [2.24, 2.45) is 11.8 Å². The van der Waals surface area contributed by atoms with Crippen molar-refractivity contribution in [3.63, 3.8) is 0 Å². The molecule has 0 aromatic carbocycles. The van der Waals surface area contributed by atoms with E-state index in [1.165, 1.54) is 0 Å². The highest BCUT2D eigenvalue weighted by Gasteiger charge is 2.16. The molecule has 0 amide bonds. The number of hydrogen-bond acceptors (Lipinski definition) is 5. The SMILES string of the molecule is CC(NN)C(C)C(C)NNO. The van der Waals surface area contributed by atoms with Crippen LogP contribution in [0.2, 0.25) is 0 Å². The van der Waals surface area contributed by atoms with Crippen LogP contribution in [0.15, 0.2) is 0 Å². The van der Waals surface area contributed by atoms with Crippen LogP contribution in [0.25, 0.3) is 0 Å². The summed E-state index contributed by atoms with van der Waals surface area (Å²) in [5, 5.41) is 8.33. The average molecular weight is 162 g/mol. The van der Waals surface area contributed by atoms with Gasteiger partial charge in [-0.05, 0) is 19.8 Å². The van der Waals surface area contributed by atoms with Gasteiger partial charge in [-0.25, -0.2) is 5.43 Å². The first-order valence-electron chi connectivity index (χ1n) is 3.74. The molecule has 11 heavy (non-hydrogen) atoms. The van der Waals surface area contributed by atoms with Crippen LogP contribution in [0.4, 0.5) is 0 Å². The lowest BCUT2D eigenvalue weighted by atomic mass is 9.97. The predicted octanol–water partition coefficient (Wildman–Crippen LogP) is -0.654. The summed E-state index contributed by atoms with van der Waals surface area (Å²) < 4.78 is 0. The van der Waals surface area contributed by atoms with Crippen molar-refractivity contribution in [3.05, 3.63) is 0 Å². The highest BCUT2D eigenvalue weighted by Crippen LogP contribution is 2.05. The van der Waals surface area contributed by atoms with E-state index in [9.17, 15) is 0 Å². The quantitative estimate of drug-likeness (QED) is 0.274. The zero-order chi connectivity index (χ0) is 8.85. The number of nitrogens with one attached hydrogen (secondary N) is 3. The van der Waals surface area contributed by atoms with Crippen molar-refractivity contribution >= 4 is 0 Å². The summed E-state index contributed by atoms with van der Waals surface area (Å²) in [7, 11) is 0. The lowest BCUT2D eigenvalue weighted by Crippen LogP contribution is -2.48. The normalized spacial score (nSPS) is 19.4. The van der Waals surface area contributed by atoms with Gasteiger partial charge in [0.15, 0.2) is 0 Å². The fourth-order valence-corrected chi connectivity index (χ4v) is 0.818. The van der Waals surface area contributed by atoms with Gasteiger partial charge in [0.2, 0.25) is 0 Å². The Hall–Kier alpha value is -0.200. The summed E-state index contributed by atoms with van der Waals surface area (Å²) in [6.45, 7) is 5.99. The number of nitrogens with two attached hydrogens (primary N) is 1. The Kier molecular flexibility index (Phi) is 5.35. The second kappa shape index (κ2) is 5.45. The smallest absolute Gasteiger partial charge is 0.0247 e. The molecule has 5 heteroatoms. The van der Waals surface area contributed by atoms with E-state index >= 15 is 0 Å². The predicted molar refractivity (Wildman–Crippen MR) is 43.5 cm³/mol. The van der Waals surface area contributed by atoms with E-state index in [1.807, 2.05) is 26.4 Å². The molecule has 0 heterocycles. The first kappa shape index (κ1) is 10.8. The second-order valence-electron chi connectivity index (χ2n) is 2.86. The zero-order valence-electron chi connectivity index (χ0n) is 7.26. The Morgan fingerprint density at radius 1 is 1.18 bits per heavy atom. The van der Waals surface area contributed by atoms with Crippen molar-refractivity contribution in [2.45, 2.75) is 32.9 Å². The van der Waals surface area contributed by atoms with Gasteiger partial charge in [0.25, 0.3) is 0 Å². The summed E-state index contributed by atoms with van der Waals surface area (Å²) in [6, 6.07) is 0.372. The molecule has 6 N–H and O–H groups in total. The lowest BCUT2D eigenvalue weighted by Gasteiger charge is -2.25. The van der Waals surface area contributed by atoms with E-state index < -0.39 is 0 Å². The van der Waals surface area contributed by atoms with Crippen LogP contribution < -0.4 is 22.3 Å². The van der Waals surface area contributed by atoms with Gasteiger partial charge in [-0.3, -0.25) is 11.3 Å². The molecule has 68 valence electrons. The Bertz CT molecular complexity index is 101. The maximum atomic E-state index is 8.33. The van der Waals surface area contributed by atoms with Gasteiger partial charge < -0.3 is 5.21 Å². The van der Waals surface area contributed by atoms with Gasteiger partial charge in [-0.2, -0.15) is 0 Å². The summed E-state index contributed by atoms with van der Waals surface area (Å²) in [5.41, 5.74) is 7.23. The Balaban J connectivity index is 3.70. The average Bonchev–Trinajstić information content (AvgIpc) is 2.02. The van der Waals surface area contributed by atoms with Gasteiger partial charge in [-0.1, -0.05) is 6.92 Å². The number of rotatable bonds is 5. The maximum Gasteiger partial charge on any atom is 0.0247 e. The fraction of sp³-hybridized carbons (Fsp3) is 1.00. The Morgan fingerprint density at radius 3 is 2.09 bits per heavy atom. The van der Waals surface area contributed by atoms with E-state index in [1.54, 1.807) is 0 Å². The third-order valence-corrected chi connectivity index (χ3v) is 2.13. The van der Waals surface area contributed by atoms with Gasteiger partial charge in [0, 0.05) is 12.1 Å². The van der Waals surface area contributed by atoms with Crippen LogP contribution in [0.3, 0.4) is 0 Å². The van der Waals surface area contributed by atoms with Gasteiger partial charge in [0.05, 0.1) is 0 Å². The third-order valence-electron chi connectivity index (χ3n) is 2.13. The molecule has 0 radical (unpaired) electrons. The van der Waals surface area contributed by atoms with Gasteiger partial charge in [0.1, 0.15) is 0 Å². The van der Waals surface area contributed by atoms with Crippen LogP contribution in [-0.2, 0) is 0 Å². The lowest BCUT2D eigenvalue weighted by molar-refractivity contribution is 0.0921. The van der Waals surface area contributed by atoms with Crippen molar-refractivity contribution in [1.29, 1.82) is 0 Å². The Labute approximate surface area is 67.2 Å². The standard InChI is InChI=1S/C6H18N4O/c1-4(5(2)8-7)6(3)9-10-11/h4-6,8-11H,7H2,1-3H3. The molecular weight excluding hydrogens is 144 g/mol. The molecule has 3 atom stereocenters. The number of hydrogen-bond donors (Lipinski definition) is 5. The molecule has 0 aromatic rings. The van der Waals surface area contributed by atoms with E-state index in [0.29, 0.717) is 5.92 Å². The van der Waals surface area contributed by atoms with Crippen molar-refractivity contribution in [3.8, 4) is 0 Å². The zero-order valence-corrected chi connectivity index (χ0v) is 7.26. The van der Waals surface area contributed by atoms with Crippen LogP contribution >= 0.6 is 0 Å². The molecule has 0 rings (SSSR count). The van der Waals surface area contributed by atoms with E-state index in [0.717, 1.165) is 0 Å². The van der Waals surface area contributed by atoms with Crippen LogP contribution in [0.5, 0.6) is 0 Å². The minimum absolute atomic E-state index is 0.158. The fourth-order valence-electron chi connectivity index (χ4n) is 0.818. The Morgan fingerprint density at radius 2 is 1.73 bits per heavy atom. The molecule has 0 aliphatic heterocycles. The van der Waals surface area contributed by atoms with Crippen molar-refractivity contribution < 1.29 is 5.21 Å². The first-order chi connectivity index (χ1) is 5.13. The van der Waals surface area contributed by atoms with Crippen molar-refractivity contribution in [1.82, 2.24) is 16.4 Å². The molecule has 3 unspecified atom stereocenters. The minimum atomic E-state index is 0.158. The molecular formula is C6H18N4O. The maximum absolute atomic E-state index is 8.33. The van der Waals surface area contributed by atoms with Crippen LogP contribution in [0.1, 0.15) is 20.8 Å². The van der Waals surface area contributed by atoms with Crippen molar-refractivity contribution in [2.75, 3.05) is 0 Å². The molecule has 0 saturated carbocycles. The van der Waals surface area contributed by atoms with Crippen LogP contribution in [-0.4, -0.2) is 17.3 Å². The highest BCUT2D eigenvalue weighted by atomic mass is 16.5. The molecule has 5 nitrogen and oxygen atoms in total. The van der Waals surface area contributed by atoms with Gasteiger partial charge in [-0.15, -0.1) is 5.59 Å². The summed E-state index contributed by atoms with van der Waals surface area (Å²) in [4.78, 5) is 0. The summed E-state index contributed by atoms with van der Waals surface area (Å²) in [6.07, 6.45) is 0. The molecule has 0 aliphatic carbocycles. The van der Waals surface area contributed by atoms with Gasteiger partial charge >= 0.3 is 0 Å². The monoisotopic (exact) mass is 162 g/mol. The number of hydrazine groups is 2. The molecule has 0 fully saturated rings. The highest BCUT2D eigenvalue weighted by molar-refractivity contribution is 4.73. The third kappa shape index (κ3) is 3.64. The largest absolute Gasteiger partial charge is 0.302 e. The van der Waals surface area contributed by atoms with E-state index in [4.69, 9.17) is 11.0 Å². The summed E-state index contributed by atoms with van der Waals surface area (Å²) >= 11 is 0. The van der Waals surface area contributed by atoms with E-state index in [2.05, 4.69) is 10.9 Å². The molecule has 0 saturated heterocycles. The molecule has 0 aromatic heterocycles. The summed E-state index contributed by atoms with van der Waals surface area (Å²) in [5.74, 6) is 5.58. The second-order valence-corrected chi connectivity index (χ2v) is 2.86. The van der Waals surface area contributed by atoms with E-state index in [-0.39, 0.29) is 12.1 Å². The molecule has 0 spiro atoms. The molecule has 0 aliphatic rings.